The summed E-state index contributed by atoms with van der Waals surface area (Å²) in [5, 5.41) is 2.49. The first kappa shape index (κ1) is 15.5. The Morgan fingerprint density at radius 3 is 2.81 bits per heavy atom. The number of nitrogens with zero attached hydrogens (tertiary/aromatic N) is 1. The molecule has 0 radical (unpaired) electrons. The van der Waals surface area contributed by atoms with Crippen LogP contribution in [0.15, 0.2) is 24.3 Å². The van der Waals surface area contributed by atoms with E-state index in [4.69, 9.17) is 4.74 Å². The molecule has 2 amide bonds. The first-order valence-corrected chi connectivity index (χ1v) is 7.95. The summed E-state index contributed by atoms with van der Waals surface area (Å²) in [5.41, 5.74) is 0.774. The highest BCUT2D eigenvalue weighted by molar-refractivity contribution is 7.89. The average Bonchev–Trinajstić information content (AvgIpc) is 2.43. The third-order valence-electron chi connectivity index (χ3n) is 3.06. The van der Waals surface area contributed by atoms with Gasteiger partial charge in [-0.2, -0.15) is 0 Å². The average molecular weight is 312 g/mol. The lowest BCUT2D eigenvalue weighted by Gasteiger charge is -2.27. The third-order valence-corrected chi connectivity index (χ3v) is 4.71. The van der Waals surface area contributed by atoms with Gasteiger partial charge in [-0.1, -0.05) is 18.2 Å². The zero-order valence-corrected chi connectivity index (χ0v) is 12.4. The van der Waals surface area contributed by atoms with Crippen LogP contribution in [0, 0.1) is 0 Å². The highest BCUT2D eigenvalue weighted by Crippen LogP contribution is 2.24. The molecule has 1 aromatic carbocycles. The molecule has 7 nitrogen and oxygen atoms in total. The minimum atomic E-state index is -3.82. The number of ether oxygens (including phenoxy) is 1. The van der Waals surface area contributed by atoms with Gasteiger partial charge in [0, 0.05) is 19.2 Å². The smallest absolute Gasteiger partial charge is 0.268 e. The summed E-state index contributed by atoms with van der Waals surface area (Å²) in [5.74, 6) is -1.48. The van der Waals surface area contributed by atoms with E-state index in [9.17, 15) is 18.0 Å². The number of carbonyl (C=O) groups is 2. The van der Waals surface area contributed by atoms with Gasteiger partial charge in [-0.05, 0) is 11.6 Å². The first-order chi connectivity index (χ1) is 9.95. The first-order valence-electron chi connectivity index (χ1n) is 6.34. The monoisotopic (exact) mass is 312 g/mol. The molecule has 0 saturated carbocycles. The van der Waals surface area contributed by atoms with E-state index in [2.05, 4.69) is 5.32 Å². The maximum absolute atomic E-state index is 12.2. The molecule has 1 aliphatic rings. The van der Waals surface area contributed by atoms with Crippen LogP contribution in [0.2, 0.25) is 0 Å². The van der Waals surface area contributed by atoms with E-state index in [1.165, 1.54) is 7.11 Å². The van der Waals surface area contributed by atoms with Crippen molar-refractivity contribution in [2.45, 2.75) is 5.75 Å². The van der Waals surface area contributed by atoms with Crippen LogP contribution in [0.25, 0.3) is 0 Å². The standard InChI is InChI=1S/C13H16N2O5S/c1-20-7-6-14-12(16)8-15-13(17)11-5-3-2-4-10(11)9-21(15,18)19/h2-5H,6-9H2,1H3,(H,14,16). The molecule has 0 aliphatic carbocycles. The highest BCUT2D eigenvalue weighted by atomic mass is 32.2. The molecule has 0 saturated heterocycles. The Labute approximate surface area is 122 Å². The van der Waals surface area contributed by atoms with Gasteiger partial charge in [0.1, 0.15) is 6.54 Å². The number of hydrogen-bond acceptors (Lipinski definition) is 5. The summed E-state index contributed by atoms with van der Waals surface area (Å²) < 4.78 is 29.6. The summed E-state index contributed by atoms with van der Waals surface area (Å²) in [6.45, 7) is 0.0580. The third kappa shape index (κ3) is 3.40. The second kappa shape index (κ2) is 6.23. The number of sulfonamides is 1. The van der Waals surface area contributed by atoms with Crippen molar-refractivity contribution in [3.05, 3.63) is 35.4 Å². The SMILES string of the molecule is COCCNC(=O)CN1C(=O)c2ccccc2CS1(=O)=O. The number of amides is 2. The van der Waals surface area contributed by atoms with Crippen LogP contribution in [0.1, 0.15) is 15.9 Å². The Kier molecular flexibility index (Phi) is 4.59. The molecule has 0 aromatic heterocycles. The van der Waals surface area contributed by atoms with Gasteiger partial charge in [-0.3, -0.25) is 9.59 Å². The van der Waals surface area contributed by atoms with E-state index >= 15 is 0 Å². The van der Waals surface area contributed by atoms with Gasteiger partial charge >= 0.3 is 0 Å². The molecule has 1 heterocycles. The summed E-state index contributed by atoms with van der Waals surface area (Å²) in [6.07, 6.45) is 0. The van der Waals surface area contributed by atoms with Crippen molar-refractivity contribution in [1.29, 1.82) is 0 Å². The van der Waals surface area contributed by atoms with Crippen molar-refractivity contribution in [2.75, 3.05) is 26.8 Å². The predicted molar refractivity (Wildman–Crippen MR) is 75.0 cm³/mol. The van der Waals surface area contributed by atoms with Gasteiger partial charge in [0.05, 0.1) is 12.4 Å². The number of nitrogens with one attached hydrogen (secondary N) is 1. The Hall–Kier alpha value is -1.93. The van der Waals surface area contributed by atoms with Crippen LogP contribution in [-0.4, -0.2) is 51.3 Å². The zero-order valence-electron chi connectivity index (χ0n) is 11.5. The van der Waals surface area contributed by atoms with Gasteiger partial charge in [0.15, 0.2) is 0 Å². The lowest BCUT2D eigenvalue weighted by molar-refractivity contribution is -0.121. The van der Waals surface area contributed by atoms with Gasteiger partial charge in [-0.15, -0.1) is 0 Å². The number of rotatable bonds is 5. The predicted octanol–water partition coefficient (Wildman–Crippen LogP) is -0.265. The van der Waals surface area contributed by atoms with E-state index in [-0.39, 0.29) is 12.3 Å². The largest absolute Gasteiger partial charge is 0.383 e. The van der Waals surface area contributed by atoms with Crippen molar-refractivity contribution in [1.82, 2.24) is 9.62 Å². The fourth-order valence-electron chi connectivity index (χ4n) is 2.04. The molecule has 0 atom stereocenters. The zero-order chi connectivity index (χ0) is 15.5. The van der Waals surface area contributed by atoms with Crippen LogP contribution >= 0.6 is 0 Å². The van der Waals surface area contributed by atoms with E-state index in [0.717, 1.165) is 0 Å². The number of carbonyl (C=O) groups excluding carboxylic acids is 2. The second-order valence-corrected chi connectivity index (χ2v) is 6.46. The Balaban J connectivity index is 2.16. The lowest BCUT2D eigenvalue weighted by Crippen LogP contribution is -2.47. The van der Waals surface area contributed by atoms with Crippen molar-refractivity contribution < 1.29 is 22.7 Å². The van der Waals surface area contributed by atoms with Crippen LogP contribution in [-0.2, 0) is 25.3 Å². The quantitative estimate of drug-likeness (QED) is 0.756. The molecule has 0 unspecified atom stereocenters. The number of methoxy groups -OCH3 is 1. The second-order valence-electron chi connectivity index (χ2n) is 4.57. The van der Waals surface area contributed by atoms with Crippen molar-refractivity contribution in [3.63, 3.8) is 0 Å². The Morgan fingerprint density at radius 1 is 1.38 bits per heavy atom. The Bertz CT molecular complexity index is 656. The molecule has 0 bridgehead atoms. The topological polar surface area (TPSA) is 92.8 Å². The fraction of sp³-hybridized carbons (Fsp3) is 0.385. The molecule has 1 aliphatic heterocycles. The fourth-order valence-corrected chi connectivity index (χ4v) is 3.50. The molecule has 1 aromatic rings. The lowest BCUT2D eigenvalue weighted by atomic mass is 10.1. The summed E-state index contributed by atoms with van der Waals surface area (Å²) in [4.78, 5) is 23.9. The van der Waals surface area contributed by atoms with Gasteiger partial charge in [0.25, 0.3) is 5.91 Å². The molecule has 2 rings (SSSR count). The molecule has 1 N–H and O–H groups in total. The molecule has 0 spiro atoms. The normalized spacial score (nSPS) is 16.4. The van der Waals surface area contributed by atoms with E-state index in [1.54, 1.807) is 24.3 Å². The minimum Gasteiger partial charge on any atom is -0.383 e. The molecule has 8 heteroatoms. The van der Waals surface area contributed by atoms with E-state index in [1.807, 2.05) is 0 Å². The van der Waals surface area contributed by atoms with Gasteiger partial charge in [-0.25, -0.2) is 12.7 Å². The summed E-state index contributed by atoms with van der Waals surface area (Å²) >= 11 is 0. The molecular weight excluding hydrogens is 296 g/mol. The molecule has 21 heavy (non-hydrogen) atoms. The van der Waals surface area contributed by atoms with Crippen molar-refractivity contribution in [3.8, 4) is 0 Å². The molecule has 114 valence electrons. The van der Waals surface area contributed by atoms with Crippen molar-refractivity contribution in [2.24, 2.45) is 0 Å². The highest BCUT2D eigenvalue weighted by Gasteiger charge is 2.36. The number of hydrogen-bond donors (Lipinski definition) is 1. The Morgan fingerprint density at radius 2 is 2.10 bits per heavy atom. The molecule has 0 fully saturated rings. The van der Waals surface area contributed by atoms with Gasteiger partial charge in [0.2, 0.25) is 15.9 Å². The van der Waals surface area contributed by atoms with Gasteiger partial charge < -0.3 is 10.1 Å². The molecular formula is C13H16N2O5S. The van der Waals surface area contributed by atoms with Crippen LogP contribution < -0.4 is 5.32 Å². The maximum Gasteiger partial charge on any atom is 0.268 e. The van der Waals surface area contributed by atoms with Crippen molar-refractivity contribution >= 4 is 21.8 Å². The maximum atomic E-state index is 12.2. The van der Waals surface area contributed by atoms with E-state index < -0.39 is 28.4 Å². The van der Waals surface area contributed by atoms with Crippen LogP contribution in [0.5, 0.6) is 0 Å². The number of benzene rings is 1. The summed E-state index contributed by atoms with van der Waals surface area (Å²) in [7, 11) is -2.33. The van der Waals surface area contributed by atoms with Crippen LogP contribution in [0.4, 0.5) is 0 Å². The van der Waals surface area contributed by atoms with Crippen LogP contribution in [0.3, 0.4) is 0 Å². The summed E-state index contributed by atoms with van der Waals surface area (Å²) in [6, 6.07) is 6.49. The minimum absolute atomic E-state index is 0.258. The van der Waals surface area contributed by atoms with E-state index in [0.29, 0.717) is 22.0 Å². The number of fused-ring (bicyclic) bond motifs is 1.